The molecule has 0 aromatic heterocycles. The van der Waals surface area contributed by atoms with Crippen LogP contribution in [0.5, 0.6) is 0 Å². The van der Waals surface area contributed by atoms with Crippen LogP contribution in [0.25, 0.3) is 0 Å². The van der Waals surface area contributed by atoms with Gasteiger partial charge in [-0.15, -0.1) is 6.42 Å². The Kier molecular flexibility index (Phi) is 6.49. The molecule has 192 valence electrons. The van der Waals surface area contributed by atoms with Crippen LogP contribution in [-0.2, 0) is 16.2 Å². The zero-order valence-electron chi connectivity index (χ0n) is 21.4. The summed E-state index contributed by atoms with van der Waals surface area (Å²) in [4.78, 5) is 17.5. The maximum Gasteiger partial charge on any atom is 0.261 e. The lowest BCUT2D eigenvalue weighted by molar-refractivity contribution is -0.125. The number of amides is 1. The van der Waals surface area contributed by atoms with Crippen molar-refractivity contribution in [2.75, 3.05) is 6.61 Å². The molecule has 0 radical (unpaired) electrons. The molecule has 4 aliphatic carbocycles. The van der Waals surface area contributed by atoms with Gasteiger partial charge < -0.3 is 15.3 Å². The van der Waals surface area contributed by atoms with Crippen LogP contribution >= 0.6 is 0 Å². The van der Waals surface area contributed by atoms with Gasteiger partial charge in [-0.05, 0) is 98.3 Å². The first kappa shape index (κ1) is 25.0. The summed E-state index contributed by atoms with van der Waals surface area (Å²) in [5.74, 6) is 3.91. The van der Waals surface area contributed by atoms with Gasteiger partial charge in [0.15, 0.2) is 6.61 Å². The molecule has 1 aromatic rings. The van der Waals surface area contributed by atoms with E-state index < -0.39 is 5.60 Å². The lowest BCUT2D eigenvalue weighted by Crippen LogP contribution is -2.54. The molecule has 0 unspecified atom stereocenters. The number of fused-ring (bicyclic) bond motifs is 5. The Hall–Kier alpha value is -2.65. The Morgan fingerprint density at radius 1 is 1.17 bits per heavy atom. The number of hydrogen-bond acceptors (Lipinski definition) is 4. The molecule has 3 saturated carbocycles. The predicted octanol–water partition coefficient (Wildman–Crippen LogP) is 5.14. The maximum absolute atomic E-state index is 13.0. The van der Waals surface area contributed by atoms with E-state index in [1.165, 1.54) is 17.7 Å². The van der Waals surface area contributed by atoms with E-state index in [-0.39, 0.29) is 29.2 Å². The lowest BCUT2D eigenvalue weighted by Gasteiger charge is -2.58. The molecular weight excluding hydrogens is 455 g/mol. The van der Waals surface area contributed by atoms with Gasteiger partial charge in [-0.25, -0.2) is 4.39 Å². The number of nitrogens with zero attached hydrogens (tertiary/aromatic N) is 1. The van der Waals surface area contributed by atoms with Crippen LogP contribution in [0.1, 0.15) is 70.8 Å². The van der Waals surface area contributed by atoms with Crippen LogP contribution in [0.2, 0.25) is 0 Å². The number of carbonyl (C=O) groups is 1. The number of benzene rings is 1. The van der Waals surface area contributed by atoms with Crippen LogP contribution in [0.3, 0.4) is 0 Å². The minimum absolute atomic E-state index is 0.145. The molecule has 1 amide bonds. The van der Waals surface area contributed by atoms with E-state index in [9.17, 15) is 14.3 Å². The average Bonchev–Trinajstić information content (AvgIpc) is 3.15. The molecule has 6 heteroatoms. The zero-order valence-corrected chi connectivity index (χ0v) is 21.4. The Balaban J connectivity index is 1.19. The summed E-state index contributed by atoms with van der Waals surface area (Å²) in [7, 11) is 0. The Morgan fingerprint density at radius 2 is 1.92 bits per heavy atom. The number of hydrogen-bond donors (Lipinski definition) is 2. The Morgan fingerprint density at radius 3 is 2.67 bits per heavy atom. The lowest BCUT2D eigenvalue weighted by atomic mass is 9.46. The molecule has 5 nitrogen and oxygen atoms in total. The van der Waals surface area contributed by atoms with Crippen molar-refractivity contribution in [3.05, 3.63) is 47.3 Å². The second kappa shape index (κ2) is 9.34. The summed E-state index contributed by atoms with van der Waals surface area (Å²) in [6, 6.07) is 6.04. The normalized spacial score (nSPS) is 38.2. The predicted molar refractivity (Wildman–Crippen MR) is 137 cm³/mol. The van der Waals surface area contributed by atoms with Gasteiger partial charge in [0, 0.05) is 12.0 Å². The van der Waals surface area contributed by atoms with E-state index in [0.717, 1.165) is 62.6 Å². The van der Waals surface area contributed by atoms with E-state index >= 15 is 0 Å². The van der Waals surface area contributed by atoms with Gasteiger partial charge in [-0.2, -0.15) is 0 Å². The molecule has 0 heterocycles. The molecule has 0 saturated heterocycles. The number of carbonyl (C=O) groups excluding carboxylic acids is 1. The smallest absolute Gasteiger partial charge is 0.261 e. The monoisotopic (exact) mass is 492 g/mol. The quantitative estimate of drug-likeness (QED) is 0.442. The number of terminal acetylenes is 1. The number of aliphatic hydroxyl groups is 1. The summed E-state index contributed by atoms with van der Waals surface area (Å²) >= 11 is 0. The van der Waals surface area contributed by atoms with Gasteiger partial charge in [0.1, 0.15) is 11.4 Å². The highest BCUT2D eigenvalue weighted by Crippen LogP contribution is 2.67. The molecule has 2 N–H and O–H groups in total. The fourth-order valence-electron chi connectivity index (χ4n) is 7.92. The number of rotatable bonds is 5. The van der Waals surface area contributed by atoms with E-state index in [4.69, 9.17) is 11.3 Å². The zero-order chi connectivity index (χ0) is 25.6. The molecule has 0 spiro atoms. The van der Waals surface area contributed by atoms with Crippen molar-refractivity contribution in [1.29, 1.82) is 0 Å². The Labute approximate surface area is 213 Å². The number of oxime groups is 1. The summed E-state index contributed by atoms with van der Waals surface area (Å²) in [6.07, 6.45) is 15.9. The van der Waals surface area contributed by atoms with E-state index in [2.05, 4.69) is 36.3 Å². The van der Waals surface area contributed by atoms with Gasteiger partial charge in [0.25, 0.3) is 5.91 Å². The van der Waals surface area contributed by atoms with Crippen molar-refractivity contribution >= 4 is 11.6 Å². The highest BCUT2D eigenvalue weighted by molar-refractivity contribution is 5.96. The van der Waals surface area contributed by atoms with Crippen LogP contribution in [-0.4, -0.2) is 28.9 Å². The van der Waals surface area contributed by atoms with Crippen LogP contribution in [0, 0.1) is 46.7 Å². The molecule has 5 rings (SSSR count). The van der Waals surface area contributed by atoms with Crippen molar-refractivity contribution < 1.29 is 19.1 Å². The summed E-state index contributed by atoms with van der Waals surface area (Å²) in [5, 5.41) is 18.2. The number of nitrogens with one attached hydrogen (secondary N) is 1. The molecule has 6 atom stereocenters. The van der Waals surface area contributed by atoms with Crippen LogP contribution in [0.15, 0.2) is 41.1 Å². The highest BCUT2D eigenvalue weighted by atomic mass is 19.1. The molecular formula is C30H37FN2O3. The van der Waals surface area contributed by atoms with Crippen molar-refractivity contribution in [1.82, 2.24) is 5.32 Å². The third-order valence-corrected chi connectivity index (χ3v) is 10.1. The van der Waals surface area contributed by atoms with Gasteiger partial charge >= 0.3 is 0 Å². The van der Waals surface area contributed by atoms with Crippen molar-refractivity contribution in [2.45, 2.75) is 77.4 Å². The number of allylic oxidation sites excluding steroid dienone is 2. The third-order valence-electron chi connectivity index (χ3n) is 10.1. The first-order chi connectivity index (χ1) is 17.2. The van der Waals surface area contributed by atoms with Crippen molar-refractivity contribution in [3.8, 4) is 12.3 Å². The summed E-state index contributed by atoms with van der Waals surface area (Å²) in [6.45, 7) is 4.82. The second-order valence-corrected chi connectivity index (χ2v) is 11.8. The third kappa shape index (κ3) is 4.16. The van der Waals surface area contributed by atoms with Crippen molar-refractivity contribution in [3.63, 3.8) is 0 Å². The van der Waals surface area contributed by atoms with Gasteiger partial charge in [0.05, 0.1) is 5.71 Å². The van der Waals surface area contributed by atoms with Crippen molar-refractivity contribution in [2.24, 2.45) is 33.7 Å². The fourth-order valence-corrected chi connectivity index (χ4v) is 7.92. The maximum atomic E-state index is 13.0. The SMILES string of the molecule is C#C[C@@]1(O)CC[C@@H]2[C@H]3CCC4=CC(=NOCC(=O)NCc5ccc(F)cc5)CC[C@]4(C)[C@H]3CC[C@]21C. The molecule has 0 aliphatic heterocycles. The van der Waals surface area contributed by atoms with Crippen LogP contribution < -0.4 is 5.32 Å². The first-order valence-corrected chi connectivity index (χ1v) is 13.3. The van der Waals surface area contributed by atoms with E-state index in [1.54, 1.807) is 12.1 Å². The minimum Gasteiger partial charge on any atom is -0.385 e. The largest absolute Gasteiger partial charge is 0.385 e. The van der Waals surface area contributed by atoms with Crippen LogP contribution in [0.4, 0.5) is 4.39 Å². The first-order valence-electron chi connectivity index (χ1n) is 13.3. The summed E-state index contributed by atoms with van der Waals surface area (Å²) in [5.41, 5.74) is 2.18. The summed E-state index contributed by atoms with van der Waals surface area (Å²) < 4.78 is 13.0. The highest BCUT2D eigenvalue weighted by Gasteiger charge is 2.63. The molecule has 36 heavy (non-hydrogen) atoms. The molecule has 4 aliphatic rings. The minimum atomic E-state index is -0.964. The van der Waals surface area contributed by atoms with Gasteiger partial charge in [0.2, 0.25) is 0 Å². The fraction of sp³-hybridized carbons (Fsp3) is 0.600. The average molecular weight is 493 g/mol. The topological polar surface area (TPSA) is 70.9 Å². The molecule has 0 bridgehead atoms. The Bertz CT molecular complexity index is 1120. The number of halogens is 1. The molecule has 1 aromatic carbocycles. The molecule has 3 fully saturated rings. The van der Waals surface area contributed by atoms with Gasteiger partial charge in [-0.1, -0.05) is 42.6 Å². The van der Waals surface area contributed by atoms with E-state index in [1.807, 2.05) is 0 Å². The van der Waals surface area contributed by atoms with E-state index in [0.29, 0.717) is 24.3 Å². The standard InChI is InChI=1S/C30H37FN2O3/c1-4-30(35)16-13-26-24-10-7-21-17-23(11-14-28(21,2)25(24)12-15-29(26,30)3)33-36-19-27(34)32-18-20-5-8-22(31)9-6-20/h1,5-6,8-9,17,24-26,35H,7,10-16,18-19H2,2-3H3,(H,32,34)/t24-,25-,26+,28-,29+,30+/m0/s1. The van der Waals surface area contributed by atoms with Gasteiger partial charge in [-0.3, -0.25) is 4.79 Å². The second-order valence-electron chi connectivity index (χ2n) is 11.8.